The Morgan fingerprint density at radius 2 is 1.74 bits per heavy atom. The standard InChI is InChI=1S/C37H62N6O4/c1-20(2)22(5)33(7)15-16-35(9)24-11-12-27-34(8)18-46-19-37(27,25(24)13-14-36(35,10)29(33)31(44)45)17-26(43-41-32(39)40-42-43)30(34)47-23(6)28(38)21(3)4/h13,20-24,26-30H,11-12,14-19,38H2,1-10H3,(H2,39,41)(H,44,45)/t22-,23?,24+,26+,27+,28?,29-,30+,33-,34?,35-,36+,37+/m1/s1. The van der Waals surface area contributed by atoms with Gasteiger partial charge in [-0.25, -0.2) is 0 Å². The van der Waals surface area contributed by atoms with Crippen molar-refractivity contribution in [2.24, 2.45) is 68.3 Å². The van der Waals surface area contributed by atoms with Crippen molar-refractivity contribution in [1.82, 2.24) is 20.2 Å². The quantitative estimate of drug-likeness (QED) is 0.281. The highest BCUT2D eigenvalue weighted by molar-refractivity contribution is 5.73. The van der Waals surface area contributed by atoms with Gasteiger partial charge in [0, 0.05) is 16.9 Å². The summed E-state index contributed by atoms with van der Waals surface area (Å²) in [5, 5.41) is 24.1. The topological polar surface area (TPSA) is 151 Å². The molecule has 2 bridgehead atoms. The van der Waals surface area contributed by atoms with Gasteiger partial charge >= 0.3 is 5.97 Å². The average molecular weight is 655 g/mol. The van der Waals surface area contributed by atoms with Gasteiger partial charge in [-0.2, -0.15) is 4.80 Å². The summed E-state index contributed by atoms with van der Waals surface area (Å²) in [6, 6.07) is -0.308. The fraction of sp³-hybridized carbons (Fsp3) is 0.892. The predicted molar refractivity (Wildman–Crippen MR) is 182 cm³/mol. The van der Waals surface area contributed by atoms with Gasteiger partial charge in [0.2, 0.25) is 0 Å². The van der Waals surface area contributed by atoms with Gasteiger partial charge in [0.05, 0.1) is 31.3 Å². The number of anilines is 1. The number of nitrogens with two attached hydrogens (primary N) is 2. The lowest BCUT2D eigenvalue weighted by molar-refractivity contribution is -0.259. The van der Waals surface area contributed by atoms with Gasteiger partial charge in [-0.1, -0.05) is 79.1 Å². The van der Waals surface area contributed by atoms with Crippen LogP contribution in [0.25, 0.3) is 0 Å². The third-order valence-electron chi connectivity index (χ3n) is 15.5. The second kappa shape index (κ2) is 11.5. The van der Waals surface area contributed by atoms with Gasteiger partial charge in [0.1, 0.15) is 6.04 Å². The van der Waals surface area contributed by atoms with E-state index >= 15 is 0 Å². The Morgan fingerprint density at radius 1 is 1.04 bits per heavy atom. The van der Waals surface area contributed by atoms with E-state index in [0.29, 0.717) is 31.0 Å². The lowest BCUT2D eigenvalue weighted by Gasteiger charge is -2.71. The molecule has 5 aliphatic rings. The number of hydrogen-bond donors (Lipinski definition) is 3. The van der Waals surface area contributed by atoms with E-state index in [0.717, 1.165) is 38.5 Å². The molecule has 4 fully saturated rings. The molecule has 13 atom stereocenters. The third kappa shape index (κ3) is 4.80. The number of carboxylic acid groups (broad SMARTS) is 1. The van der Waals surface area contributed by atoms with Crippen LogP contribution in [0, 0.1) is 62.6 Å². The molecule has 0 radical (unpaired) electrons. The summed E-state index contributed by atoms with van der Waals surface area (Å²) < 4.78 is 13.7. The number of fused-ring (bicyclic) bond motifs is 3. The molecule has 4 aliphatic carbocycles. The number of carbonyl (C=O) groups is 1. The molecular weight excluding hydrogens is 592 g/mol. The monoisotopic (exact) mass is 654 g/mol. The van der Waals surface area contributed by atoms with E-state index in [9.17, 15) is 9.90 Å². The maximum absolute atomic E-state index is 13.4. The minimum Gasteiger partial charge on any atom is -0.481 e. The van der Waals surface area contributed by atoms with Crippen molar-refractivity contribution in [3.05, 3.63) is 11.6 Å². The van der Waals surface area contributed by atoms with Crippen LogP contribution in [0.15, 0.2) is 11.6 Å². The number of nitrogen functional groups attached to an aromatic ring is 1. The van der Waals surface area contributed by atoms with Crippen molar-refractivity contribution in [3.63, 3.8) is 0 Å². The summed E-state index contributed by atoms with van der Waals surface area (Å²) in [7, 11) is 0. The number of aromatic nitrogens is 4. The van der Waals surface area contributed by atoms with Crippen molar-refractivity contribution in [2.75, 3.05) is 18.9 Å². The second-order valence-corrected chi connectivity index (χ2v) is 18.2. The normalized spacial score (nSPS) is 45.0. The van der Waals surface area contributed by atoms with Crippen LogP contribution in [0.3, 0.4) is 0 Å². The smallest absolute Gasteiger partial charge is 0.307 e. The van der Waals surface area contributed by atoms with Gasteiger partial charge in [0.25, 0.3) is 5.95 Å². The van der Waals surface area contributed by atoms with Crippen molar-refractivity contribution >= 4 is 11.9 Å². The van der Waals surface area contributed by atoms with Gasteiger partial charge < -0.3 is 26.0 Å². The molecule has 2 heterocycles. The van der Waals surface area contributed by atoms with Crippen molar-refractivity contribution in [2.45, 2.75) is 132 Å². The number of allylic oxidation sites excluding steroid dienone is 1. The second-order valence-electron chi connectivity index (χ2n) is 18.2. The highest BCUT2D eigenvalue weighted by Crippen LogP contribution is 2.75. The first-order valence-corrected chi connectivity index (χ1v) is 18.3. The Morgan fingerprint density at radius 3 is 2.34 bits per heavy atom. The van der Waals surface area contributed by atoms with Crippen molar-refractivity contribution in [1.29, 1.82) is 0 Å². The minimum absolute atomic E-state index is 0.115. The first kappa shape index (κ1) is 34.8. The first-order valence-electron chi connectivity index (χ1n) is 18.3. The maximum Gasteiger partial charge on any atom is 0.307 e. The molecule has 1 aromatic rings. The number of carboxylic acids is 1. The highest BCUT2D eigenvalue weighted by Gasteiger charge is 2.72. The van der Waals surface area contributed by atoms with Crippen LogP contribution in [-0.2, 0) is 14.3 Å². The average Bonchev–Trinajstić information content (AvgIpc) is 3.43. The van der Waals surface area contributed by atoms with E-state index in [1.807, 2.05) is 0 Å². The van der Waals surface area contributed by atoms with Crippen LogP contribution in [0.5, 0.6) is 0 Å². The molecule has 5 N–H and O–H groups in total. The van der Waals surface area contributed by atoms with Crippen molar-refractivity contribution in [3.8, 4) is 0 Å². The van der Waals surface area contributed by atoms with E-state index < -0.39 is 11.9 Å². The molecule has 3 unspecified atom stereocenters. The first-order chi connectivity index (χ1) is 21.9. The van der Waals surface area contributed by atoms with Gasteiger partial charge in [0.15, 0.2) is 0 Å². The van der Waals surface area contributed by atoms with E-state index in [1.165, 1.54) is 5.57 Å². The predicted octanol–water partition coefficient (Wildman–Crippen LogP) is 6.14. The van der Waals surface area contributed by atoms with Crippen LogP contribution >= 0.6 is 0 Å². The fourth-order valence-electron chi connectivity index (χ4n) is 12.3. The highest BCUT2D eigenvalue weighted by atomic mass is 16.5. The van der Waals surface area contributed by atoms with Crippen LogP contribution in [0.2, 0.25) is 0 Å². The zero-order valence-corrected chi connectivity index (χ0v) is 30.6. The molecule has 0 spiro atoms. The summed E-state index contributed by atoms with van der Waals surface area (Å²) in [6.07, 6.45) is 7.66. The molecule has 6 rings (SSSR count). The molecule has 10 nitrogen and oxygen atoms in total. The van der Waals surface area contributed by atoms with E-state index in [-0.39, 0.29) is 69.2 Å². The molecule has 0 amide bonds. The third-order valence-corrected chi connectivity index (χ3v) is 15.5. The summed E-state index contributed by atoms with van der Waals surface area (Å²) in [6.45, 7) is 23.7. The molecule has 10 heteroatoms. The lowest BCUT2D eigenvalue weighted by Crippen LogP contribution is -2.69. The number of nitrogens with zero attached hydrogens (tertiary/aromatic N) is 4. The van der Waals surface area contributed by atoms with Gasteiger partial charge in [-0.3, -0.25) is 4.79 Å². The number of aliphatic carboxylic acids is 1. The maximum atomic E-state index is 13.4. The molecular formula is C37H62N6O4. The molecule has 1 saturated heterocycles. The Kier molecular flexibility index (Phi) is 8.52. The number of rotatable bonds is 8. The number of hydrogen-bond acceptors (Lipinski definition) is 8. The Hall–Kier alpha value is -2.04. The molecule has 264 valence electrons. The van der Waals surface area contributed by atoms with E-state index in [2.05, 4.69) is 90.7 Å². The summed E-state index contributed by atoms with van der Waals surface area (Å²) in [5.74, 6) is 0.729. The largest absolute Gasteiger partial charge is 0.481 e. The van der Waals surface area contributed by atoms with Gasteiger partial charge in [-0.05, 0) is 96.5 Å². The Bertz CT molecular complexity index is 1400. The Balaban J connectivity index is 1.45. The van der Waals surface area contributed by atoms with Crippen molar-refractivity contribution < 1.29 is 19.4 Å². The van der Waals surface area contributed by atoms with E-state index in [4.69, 9.17) is 20.9 Å². The summed E-state index contributed by atoms with van der Waals surface area (Å²) >= 11 is 0. The molecule has 3 saturated carbocycles. The van der Waals surface area contributed by atoms with Crippen LogP contribution in [0.1, 0.15) is 114 Å². The van der Waals surface area contributed by atoms with Gasteiger partial charge in [-0.15, -0.1) is 5.10 Å². The SMILES string of the molecule is CC(C)C(N)C(C)O[C@H]1[C@@H](n2nnc(N)n2)C[C@@]23COCC1(C)[C@@H]2CC[C@H]1C3=CC[C@@]2(C)[C@H](C(=O)O)[C@@](C)([C@H](C)C(C)C)CC[C@]12C. The minimum atomic E-state index is -0.632. The molecule has 47 heavy (non-hydrogen) atoms. The zero-order chi connectivity index (χ0) is 34.5. The van der Waals surface area contributed by atoms with Crippen LogP contribution in [0.4, 0.5) is 5.95 Å². The molecule has 1 aromatic heterocycles. The summed E-state index contributed by atoms with van der Waals surface area (Å²) in [4.78, 5) is 15.1. The molecule has 1 aliphatic heterocycles. The molecule has 0 aromatic carbocycles. The van der Waals surface area contributed by atoms with Crippen LogP contribution < -0.4 is 11.5 Å². The lowest BCUT2D eigenvalue weighted by atomic mass is 9.34. The van der Waals surface area contributed by atoms with E-state index in [1.54, 1.807) is 4.80 Å². The van der Waals surface area contributed by atoms with Crippen LogP contribution in [-0.4, -0.2) is 62.7 Å². The summed E-state index contributed by atoms with van der Waals surface area (Å²) in [5.41, 5.74) is 12.9. The fourth-order valence-corrected chi connectivity index (χ4v) is 12.3. The number of tetrazole rings is 1. The Labute approximate surface area is 282 Å². The number of ether oxygens (including phenoxy) is 2. The zero-order valence-electron chi connectivity index (χ0n) is 30.6.